The Kier molecular flexibility index (Phi) is 10.8. The average Bonchev–Trinajstić information content (AvgIpc) is 3.04. The minimum absolute atomic E-state index is 0.0737. The largest absolute Gasteiger partial charge is 0.490 e. The van der Waals surface area contributed by atoms with Gasteiger partial charge >= 0.3 is 0 Å². The topological polar surface area (TPSA) is 9.23 Å². The molecule has 228 valence electrons. The molecule has 0 aromatic heterocycles. The molecule has 0 N–H and O–H groups in total. The van der Waals surface area contributed by atoms with Crippen LogP contribution in [0.25, 0.3) is 27.8 Å². The molecule has 0 saturated heterocycles. The maximum absolute atomic E-state index is 15.4. The summed E-state index contributed by atoms with van der Waals surface area (Å²) in [5.41, 5.74) is 4.10. The summed E-state index contributed by atoms with van der Waals surface area (Å²) in [5, 5.41) is 0. The lowest BCUT2D eigenvalue weighted by atomic mass is 9.70. The Labute approximate surface area is 255 Å². The number of allylic oxidation sites excluding steroid dienone is 4. The van der Waals surface area contributed by atoms with Crippen molar-refractivity contribution >= 4 is 5.57 Å². The van der Waals surface area contributed by atoms with E-state index in [1.54, 1.807) is 30.3 Å². The van der Waals surface area contributed by atoms with Crippen LogP contribution in [0.1, 0.15) is 90.0 Å². The Morgan fingerprint density at radius 3 is 2.14 bits per heavy atom. The van der Waals surface area contributed by atoms with E-state index in [0.717, 1.165) is 49.0 Å². The van der Waals surface area contributed by atoms with E-state index in [2.05, 4.69) is 25.2 Å². The predicted octanol–water partition coefficient (Wildman–Crippen LogP) is 12.0. The summed E-state index contributed by atoms with van der Waals surface area (Å²) in [5.74, 6) is 0.223. The molecular formula is C39H45F3O. The molecule has 43 heavy (non-hydrogen) atoms. The molecule has 5 rings (SSSR count). The minimum Gasteiger partial charge on any atom is -0.490 e. The first-order chi connectivity index (χ1) is 21.0. The monoisotopic (exact) mass is 586 g/mol. The van der Waals surface area contributed by atoms with Crippen molar-refractivity contribution in [3.63, 3.8) is 0 Å². The maximum atomic E-state index is 15.4. The molecule has 1 saturated carbocycles. The first-order valence-corrected chi connectivity index (χ1v) is 16.3. The third-order valence-corrected chi connectivity index (χ3v) is 9.64. The Bertz CT molecular complexity index is 1410. The Hall–Kier alpha value is -3.27. The SMILES string of the molecule is C/C=C/CCC1CCC(C2CC=C(c3ccc(-c4ccc(-c5ccc(OCCCC)c(F)c5F)cc4)c(F)c3)CC2)CC1. The second-order valence-electron chi connectivity index (χ2n) is 12.4. The van der Waals surface area contributed by atoms with Crippen LogP contribution < -0.4 is 4.74 Å². The van der Waals surface area contributed by atoms with E-state index in [1.165, 1.54) is 62.7 Å². The van der Waals surface area contributed by atoms with Gasteiger partial charge in [0.1, 0.15) is 5.82 Å². The van der Waals surface area contributed by atoms with Crippen LogP contribution in [-0.4, -0.2) is 6.61 Å². The molecule has 0 aliphatic heterocycles. The highest BCUT2D eigenvalue weighted by molar-refractivity contribution is 5.74. The number of rotatable bonds is 11. The first kappa shape index (κ1) is 31.2. The number of hydrogen-bond acceptors (Lipinski definition) is 1. The van der Waals surface area contributed by atoms with Crippen LogP contribution in [0.2, 0.25) is 0 Å². The van der Waals surface area contributed by atoms with E-state index >= 15 is 4.39 Å². The molecule has 1 fully saturated rings. The maximum Gasteiger partial charge on any atom is 0.201 e. The van der Waals surface area contributed by atoms with Gasteiger partial charge in [-0.15, -0.1) is 0 Å². The molecule has 0 bridgehead atoms. The van der Waals surface area contributed by atoms with Gasteiger partial charge in [-0.25, -0.2) is 8.78 Å². The van der Waals surface area contributed by atoms with Gasteiger partial charge in [-0.2, -0.15) is 4.39 Å². The predicted molar refractivity (Wildman–Crippen MR) is 172 cm³/mol. The number of ether oxygens (including phenoxy) is 1. The van der Waals surface area contributed by atoms with Gasteiger partial charge in [0.15, 0.2) is 11.6 Å². The number of benzene rings is 3. The molecule has 3 aromatic carbocycles. The quantitative estimate of drug-likeness (QED) is 0.160. The zero-order valence-corrected chi connectivity index (χ0v) is 25.7. The molecule has 0 amide bonds. The third-order valence-electron chi connectivity index (χ3n) is 9.64. The summed E-state index contributed by atoms with van der Waals surface area (Å²) in [4.78, 5) is 0. The van der Waals surface area contributed by atoms with Gasteiger partial charge < -0.3 is 4.74 Å². The fourth-order valence-corrected chi connectivity index (χ4v) is 6.96. The fourth-order valence-electron chi connectivity index (χ4n) is 6.96. The van der Waals surface area contributed by atoms with Crippen LogP contribution in [0.15, 0.2) is 72.8 Å². The molecule has 0 spiro atoms. The van der Waals surface area contributed by atoms with Crippen molar-refractivity contribution in [1.82, 2.24) is 0 Å². The smallest absolute Gasteiger partial charge is 0.201 e. The highest BCUT2D eigenvalue weighted by Crippen LogP contribution is 2.42. The number of hydrogen-bond donors (Lipinski definition) is 0. The van der Waals surface area contributed by atoms with E-state index in [0.29, 0.717) is 23.3 Å². The van der Waals surface area contributed by atoms with Gasteiger partial charge in [-0.1, -0.05) is 80.8 Å². The third kappa shape index (κ3) is 7.63. The second kappa shape index (κ2) is 14.9. The lowest BCUT2D eigenvalue weighted by Gasteiger charge is -2.35. The van der Waals surface area contributed by atoms with Crippen LogP contribution in [-0.2, 0) is 0 Å². The first-order valence-electron chi connectivity index (χ1n) is 16.3. The Morgan fingerprint density at radius 2 is 1.49 bits per heavy atom. The minimum atomic E-state index is -0.981. The van der Waals surface area contributed by atoms with Crippen LogP contribution in [0.5, 0.6) is 5.75 Å². The summed E-state index contributed by atoms with van der Waals surface area (Å²) in [6.45, 7) is 4.46. The standard InChI is InChI=1S/C39H45F3O/c1-3-5-7-8-27-9-11-28(12-10-27)29-13-15-30(16-14-29)33-21-22-34(36(40)26-33)31-17-19-32(20-18-31)35-23-24-37(39(42)38(35)41)43-25-6-4-2/h3,5,15,17-24,26-29H,4,6-14,16,25H2,1-2H3/b5-3+. The van der Waals surface area contributed by atoms with Crippen molar-refractivity contribution in [2.75, 3.05) is 6.61 Å². The summed E-state index contributed by atoms with van der Waals surface area (Å²) in [6, 6.07) is 15.4. The van der Waals surface area contributed by atoms with Crippen molar-refractivity contribution in [2.45, 2.75) is 84.5 Å². The van der Waals surface area contributed by atoms with E-state index in [4.69, 9.17) is 4.74 Å². The van der Waals surface area contributed by atoms with Crippen LogP contribution >= 0.6 is 0 Å². The van der Waals surface area contributed by atoms with Gasteiger partial charge in [0.05, 0.1) is 6.61 Å². The van der Waals surface area contributed by atoms with Crippen molar-refractivity contribution in [2.24, 2.45) is 17.8 Å². The molecular weight excluding hydrogens is 541 g/mol. The molecule has 0 radical (unpaired) electrons. The van der Waals surface area contributed by atoms with Gasteiger partial charge in [0, 0.05) is 11.1 Å². The Balaban J connectivity index is 1.20. The molecule has 4 heteroatoms. The molecule has 0 heterocycles. The van der Waals surface area contributed by atoms with Gasteiger partial charge in [-0.3, -0.25) is 0 Å². The average molecular weight is 587 g/mol. The molecule has 2 aliphatic carbocycles. The molecule has 3 aromatic rings. The van der Waals surface area contributed by atoms with Crippen molar-refractivity contribution < 1.29 is 17.9 Å². The lowest BCUT2D eigenvalue weighted by molar-refractivity contribution is 0.190. The van der Waals surface area contributed by atoms with E-state index in [-0.39, 0.29) is 17.1 Å². The molecule has 1 atom stereocenters. The zero-order chi connectivity index (χ0) is 30.2. The van der Waals surface area contributed by atoms with Gasteiger partial charge in [0.2, 0.25) is 5.82 Å². The van der Waals surface area contributed by atoms with Gasteiger partial charge in [0.25, 0.3) is 0 Å². The van der Waals surface area contributed by atoms with E-state index in [1.807, 2.05) is 19.1 Å². The van der Waals surface area contributed by atoms with Crippen LogP contribution in [0.3, 0.4) is 0 Å². The molecule has 1 unspecified atom stereocenters. The van der Waals surface area contributed by atoms with Crippen LogP contribution in [0, 0.1) is 35.2 Å². The van der Waals surface area contributed by atoms with Crippen molar-refractivity contribution in [1.29, 1.82) is 0 Å². The van der Waals surface area contributed by atoms with E-state index < -0.39 is 11.6 Å². The zero-order valence-electron chi connectivity index (χ0n) is 25.7. The van der Waals surface area contributed by atoms with Crippen LogP contribution in [0.4, 0.5) is 13.2 Å². The molecule has 1 nitrogen and oxygen atoms in total. The highest BCUT2D eigenvalue weighted by Gasteiger charge is 2.28. The summed E-state index contributed by atoms with van der Waals surface area (Å²) < 4.78 is 50.2. The van der Waals surface area contributed by atoms with Crippen molar-refractivity contribution in [3.05, 3.63) is 95.8 Å². The summed E-state index contributed by atoms with van der Waals surface area (Å²) in [6.07, 6.45) is 19.8. The van der Waals surface area contributed by atoms with E-state index in [9.17, 15) is 8.78 Å². The lowest BCUT2D eigenvalue weighted by Crippen LogP contribution is -2.23. The summed E-state index contributed by atoms with van der Waals surface area (Å²) in [7, 11) is 0. The normalized spacial score (nSPS) is 20.8. The van der Waals surface area contributed by atoms with Crippen molar-refractivity contribution in [3.8, 4) is 28.0 Å². The summed E-state index contributed by atoms with van der Waals surface area (Å²) >= 11 is 0. The number of halogens is 3. The fraction of sp³-hybridized carbons (Fsp3) is 0.436. The second-order valence-corrected chi connectivity index (χ2v) is 12.4. The molecule has 2 aliphatic rings. The Morgan fingerprint density at radius 1 is 0.791 bits per heavy atom. The number of unbranched alkanes of at least 4 members (excludes halogenated alkanes) is 1. The van der Waals surface area contributed by atoms with Gasteiger partial charge in [-0.05, 0) is 117 Å². The highest BCUT2D eigenvalue weighted by atomic mass is 19.2.